The molecule has 3 aromatic carbocycles. The SMILES string of the molecule is Nc1cc(C(=O)c2ccc(Cl)c3ccccc23)ccc1Cl. The minimum Gasteiger partial charge on any atom is -0.398 e. The summed E-state index contributed by atoms with van der Waals surface area (Å²) in [5, 5.41) is 2.74. The highest BCUT2D eigenvalue weighted by atomic mass is 35.5. The lowest BCUT2D eigenvalue weighted by Gasteiger charge is -2.08. The number of nitrogens with two attached hydrogens (primary N) is 1. The zero-order valence-corrected chi connectivity index (χ0v) is 12.4. The number of ketones is 1. The highest BCUT2D eigenvalue weighted by molar-refractivity contribution is 6.36. The highest BCUT2D eigenvalue weighted by Gasteiger charge is 2.14. The average Bonchev–Trinajstić information content (AvgIpc) is 2.50. The molecule has 0 bridgehead atoms. The fraction of sp³-hybridized carbons (Fsp3) is 0. The van der Waals surface area contributed by atoms with Gasteiger partial charge in [-0.15, -0.1) is 0 Å². The van der Waals surface area contributed by atoms with Crippen molar-refractivity contribution in [3.63, 3.8) is 0 Å². The summed E-state index contributed by atoms with van der Waals surface area (Å²) in [6, 6.07) is 15.9. The van der Waals surface area contributed by atoms with E-state index in [1.54, 1.807) is 30.3 Å². The molecule has 0 fully saturated rings. The van der Waals surface area contributed by atoms with E-state index in [-0.39, 0.29) is 5.78 Å². The Kier molecular flexibility index (Phi) is 3.58. The van der Waals surface area contributed by atoms with Gasteiger partial charge in [0.2, 0.25) is 0 Å². The smallest absolute Gasteiger partial charge is 0.193 e. The van der Waals surface area contributed by atoms with Crippen LogP contribution in [-0.4, -0.2) is 5.78 Å². The second kappa shape index (κ2) is 5.40. The lowest BCUT2D eigenvalue weighted by atomic mass is 9.97. The van der Waals surface area contributed by atoms with Gasteiger partial charge in [0.15, 0.2) is 5.78 Å². The maximum Gasteiger partial charge on any atom is 0.193 e. The van der Waals surface area contributed by atoms with Crippen LogP contribution in [0.15, 0.2) is 54.6 Å². The van der Waals surface area contributed by atoms with E-state index in [2.05, 4.69) is 0 Å². The number of anilines is 1. The summed E-state index contributed by atoms with van der Waals surface area (Å²) in [6.45, 7) is 0. The van der Waals surface area contributed by atoms with Crippen molar-refractivity contribution in [1.82, 2.24) is 0 Å². The van der Waals surface area contributed by atoms with Gasteiger partial charge in [-0.25, -0.2) is 0 Å². The van der Waals surface area contributed by atoms with Crippen LogP contribution in [0.4, 0.5) is 5.69 Å². The molecule has 104 valence electrons. The van der Waals surface area contributed by atoms with Crippen LogP contribution in [0.2, 0.25) is 10.0 Å². The lowest BCUT2D eigenvalue weighted by Crippen LogP contribution is -2.03. The molecule has 0 saturated heterocycles. The Morgan fingerprint density at radius 1 is 0.857 bits per heavy atom. The zero-order chi connectivity index (χ0) is 15.0. The quantitative estimate of drug-likeness (QED) is 0.536. The molecule has 0 aliphatic heterocycles. The van der Waals surface area contributed by atoms with Gasteiger partial charge in [0.1, 0.15) is 0 Å². The first-order valence-corrected chi connectivity index (χ1v) is 7.10. The van der Waals surface area contributed by atoms with Crippen molar-refractivity contribution in [3.05, 3.63) is 75.8 Å². The van der Waals surface area contributed by atoms with E-state index in [0.29, 0.717) is 26.9 Å². The molecule has 0 unspecified atom stereocenters. The molecule has 3 aromatic rings. The van der Waals surface area contributed by atoms with E-state index in [1.165, 1.54) is 0 Å². The Labute approximate surface area is 132 Å². The molecule has 0 saturated carbocycles. The summed E-state index contributed by atoms with van der Waals surface area (Å²) in [5.41, 5.74) is 7.26. The number of rotatable bonds is 2. The van der Waals surface area contributed by atoms with Gasteiger partial charge in [-0.3, -0.25) is 4.79 Å². The Balaban J connectivity index is 2.18. The van der Waals surface area contributed by atoms with Gasteiger partial charge in [0.05, 0.1) is 10.7 Å². The molecule has 21 heavy (non-hydrogen) atoms. The van der Waals surface area contributed by atoms with Crippen molar-refractivity contribution in [1.29, 1.82) is 0 Å². The summed E-state index contributed by atoms with van der Waals surface area (Å²) in [5.74, 6) is -0.105. The lowest BCUT2D eigenvalue weighted by molar-refractivity contribution is 0.104. The number of benzene rings is 3. The van der Waals surface area contributed by atoms with Crippen molar-refractivity contribution in [2.75, 3.05) is 5.73 Å². The number of carbonyl (C=O) groups is 1. The molecule has 0 aliphatic rings. The molecule has 0 radical (unpaired) electrons. The molecule has 0 amide bonds. The largest absolute Gasteiger partial charge is 0.398 e. The third-order valence-electron chi connectivity index (χ3n) is 3.37. The summed E-state index contributed by atoms with van der Waals surface area (Å²) >= 11 is 12.1. The maximum absolute atomic E-state index is 12.7. The normalized spacial score (nSPS) is 10.8. The third kappa shape index (κ3) is 2.48. The number of halogens is 2. The zero-order valence-electron chi connectivity index (χ0n) is 10.9. The van der Waals surface area contributed by atoms with E-state index in [0.717, 1.165) is 10.8 Å². The van der Waals surface area contributed by atoms with Crippen LogP contribution >= 0.6 is 23.2 Å². The van der Waals surface area contributed by atoms with E-state index in [9.17, 15) is 4.79 Å². The van der Waals surface area contributed by atoms with Crippen molar-refractivity contribution >= 4 is 45.4 Å². The van der Waals surface area contributed by atoms with E-state index < -0.39 is 0 Å². The molecular weight excluding hydrogens is 305 g/mol. The number of nitrogen functional groups attached to an aromatic ring is 1. The Bertz CT molecular complexity index is 859. The van der Waals surface area contributed by atoms with Crippen molar-refractivity contribution in [2.24, 2.45) is 0 Å². The number of carbonyl (C=O) groups excluding carboxylic acids is 1. The molecule has 2 nitrogen and oxygen atoms in total. The summed E-state index contributed by atoms with van der Waals surface area (Å²) in [4.78, 5) is 12.7. The highest BCUT2D eigenvalue weighted by Crippen LogP contribution is 2.29. The maximum atomic E-state index is 12.7. The molecule has 0 heterocycles. The Hall–Kier alpha value is -2.03. The van der Waals surface area contributed by atoms with Crippen molar-refractivity contribution in [3.8, 4) is 0 Å². The van der Waals surface area contributed by atoms with Gasteiger partial charge >= 0.3 is 0 Å². The summed E-state index contributed by atoms with van der Waals surface area (Å²) in [7, 11) is 0. The number of hydrogen-bond donors (Lipinski definition) is 1. The first-order chi connectivity index (χ1) is 10.1. The molecule has 4 heteroatoms. The fourth-order valence-electron chi connectivity index (χ4n) is 2.30. The van der Waals surface area contributed by atoms with Crippen LogP contribution in [-0.2, 0) is 0 Å². The van der Waals surface area contributed by atoms with E-state index >= 15 is 0 Å². The standard InChI is InChI=1S/C17H11Cl2NO/c18-14-8-6-13(11-3-1-2-4-12(11)14)17(21)10-5-7-15(19)16(20)9-10/h1-9H,20H2. The number of fused-ring (bicyclic) bond motifs is 1. The van der Waals surface area contributed by atoms with Gasteiger partial charge < -0.3 is 5.73 Å². The fourth-order valence-corrected chi connectivity index (χ4v) is 2.65. The molecule has 0 aromatic heterocycles. The van der Waals surface area contributed by atoms with Crippen LogP contribution in [0.5, 0.6) is 0 Å². The van der Waals surface area contributed by atoms with Crippen LogP contribution in [0.25, 0.3) is 10.8 Å². The first-order valence-electron chi connectivity index (χ1n) is 6.35. The van der Waals surface area contributed by atoms with Crippen LogP contribution in [0, 0.1) is 0 Å². The minimum absolute atomic E-state index is 0.105. The third-order valence-corrected chi connectivity index (χ3v) is 4.05. The van der Waals surface area contributed by atoms with E-state index in [1.807, 2.05) is 24.3 Å². The number of hydrogen-bond acceptors (Lipinski definition) is 2. The predicted molar refractivity (Wildman–Crippen MR) is 88.3 cm³/mol. The van der Waals surface area contributed by atoms with Crippen molar-refractivity contribution in [2.45, 2.75) is 0 Å². The van der Waals surface area contributed by atoms with Crippen LogP contribution < -0.4 is 5.73 Å². The topological polar surface area (TPSA) is 43.1 Å². The summed E-state index contributed by atoms with van der Waals surface area (Å²) in [6.07, 6.45) is 0. The molecular formula is C17H11Cl2NO. The van der Waals surface area contributed by atoms with Gasteiger partial charge in [0.25, 0.3) is 0 Å². The monoisotopic (exact) mass is 315 g/mol. The average molecular weight is 316 g/mol. The Morgan fingerprint density at radius 3 is 2.24 bits per heavy atom. The summed E-state index contributed by atoms with van der Waals surface area (Å²) < 4.78 is 0. The molecule has 2 N–H and O–H groups in total. The minimum atomic E-state index is -0.105. The predicted octanol–water partition coefficient (Wildman–Crippen LogP) is 4.96. The molecule has 0 spiro atoms. The van der Waals surface area contributed by atoms with Gasteiger partial charge in [0, 0.05) is 21.5 Å². The molecule has 3 rings (SSSR count). The van der Waals surface area contributed by atoms with Gasteiger partial charge in [-0.05, 0) is 35.7 Å². The van der Waals surface area contributed by atoms with Crippen molar-refractivity contribution < 1.29 is 4.79 Å². The molecule has 0 atom stereocenters. The van der Waals surface area contributed by atoms with E-state index in [4.69, 9.17) is 28.9 Å². The van der Waals surface area contributed by atoms with Crippen LogP contribution in [0.1, 0.15) is 15.9 Å². The first kappa shape index (κ1) is 13.9. The second-order valence-electron chi connectivity index (χ2n) is 4.71. The van der Waals surface area contributed by atoms with Crippen LogP contribution in [0.3, 0.4) is 0 Å². The molecule has 0 aliphatic carbocycles. The van der Waals surface area contributed by atoms with Gasteiger partial charge in [-0.2, -0.15) is 0 Å². The Morgan fingerprint density at radius 2 is 1.52 bits per heavy atom. The van der Waals surface area contributed by atoms with Gasteiger partial charge in [-0.1, -0.05) is 47.5 Å². The second-order valence-corrected chi connectivity index (χ2v) is 5.52.